The van der Waals surface area contributed by atoms with E-state index in [2.05, 4.69) is 11.9 Å². The molecule has 0 radical (unpaired) electrons. The fourth-order valence-corrected chi connectivity index (χ4v) is 4.80. The topological polar surface area (TPSA) is 66.7 Å². The molecular formula is C24H30FN3O3. The van der Waals surface area contributed by atoms with E-state index in [0.29, 0.717) is 43.3 Å². The van der Waals surface area contributed by atoms with Crippen molar-refractivity contribution in [2.24, 2.45) is 5.92 Å². The number of carbonyl (C=O) groups excluding carboxylic acids is 2. The van der Waals surface area contributed by atoms with Crippen molar-refractivity contribution in [2.75, 3.05) is 26.2 Å². The Balaban J connectivity index is 1.42. The van der Waals surface area contributed by atoms with Gasteiger partial charge in [0.1, 0.15) is 11.6 Å². The van der Waals surface area contributed by atoms with E-state index in [1.54, 1.807) is 25.3 Å². The number of rotatable bonds is 4. The average Bonchev–Trinajstić information content (AvgIpc) is 3.24. The van der Waals surface area contributed by atoms with Crippen LogP contribution in [0.5, 0.6) is 0 Å². The van der Waals surface area contributed by atoms with Gasteiger partial charge in [0, 0.05) is 45.4 Å². The standard InChI is InChI=1S/C24H30FN3O3/c1-17(29)27-12-8-18(9-13-27)22(30)28-11-5-10-24(2,16-28)23-26-15-20(31-23)14-19-6-3-4-7-21(19)25/h3-4,6-7,15,18H,5,8-14,16H2,1-2H3/t24-/m0/s1. The molecule has 4 rings (SSSR count). The third-order valence-corrected chi connectivity index (χ3v) is 6.69. The fourth-order valence-electron chi connectivity index (χ4n) is 4.80. The Bertz CT molecular complexity index is 951. The number of hydrogen-bond donors (Lipinski definition) is 0. The lowest BCUT2D eigenvalue weighted by atomic mass is 9.81. The molecule has 0 saturated carbocycles. The zero-order valence-electron chi connectivity index (χ0n) is 18.3. The minimum absolute atomic E-state index is 0.0286. The van der Waals surface area contributed by atoms with E-state index in [1.807, 2.05) is 15.9 Å². The smallest absolute Gasteiger partial charge is 0.225 e. The zero-order chi connectivity index (χ0) is 22.0. The number of carbonyl (C=O) groups is 2. The Morgan fingerprint density at radius 3 is 2.65 bits per heavy atom. The molecule has 2 aromatic rings. The Morgan fingerprint density at radius 1 is 1.19 bits per heavy atom. The number of benzene rings is 1. The lowest BCUT2D eigenvalue weighted by Crippen LogP contribution is -2.50. The Labute approximate surface area is 182 Å². The molecular weight excluding hydrogens is 397 g/mol. The minimum Gasteiger partial charge on any atom is -0.445 e. The van der Waals surface area contributed by atoms with Gasteiger partial charge in [0.25, 0.3) is 0 Å². The van der Waals surface area contributed by atoms with Crippen LogP contribution in [0.1, 0.15) is 56.7 Å². The molecule has 166 valence electrons. The molecule has 7 heteroatoms. The van der Waals surface area contributed by atoms with Crippen molar-refractivity contribution in [2.45, 2.75) is 51.4 Å². The predicted molar refractivity (Wildman–Crippen MR) is 114 cm³/mol. The first-order valence-electron chi connectivity index (χ1n) is 11.1. The lowest BCUT2D eigenvalue weighted by Gasteiger charge is -2.41. The van der Waals surface area contributed by atoms with Crippen molar-refractivity contribution in [3.63, 3.8) is 0 Å². The zero-order valence-corrected chi connectivity index (χ0v) is 18.3. The summed E-state index contributed by atoms with van der Waals surface area (Å²) in [5, 5.41) is 0. The molecule has 0 spiro atoms. The van der Waals surface area contributed by atoms with Gasteiger partial charge in [-0.1, -0.05) is 18.2 Å². The maximum atomic E-state index is 14.0. The normalized spacial score (nSPS) is 22.5. The maximum Gasteiger partial charge on any atom is 0.225 e. The van der Waals surface area contributed by atoms with Gasteiger partial charge in [-0.05, 0) is 44.2 Å². The summed E-state index contributed by atoms with van der Waals surface area (Å²) >= 11 is 0. The molecule has 1 aromatic heterocycles. The number of amides is 2. The summed E-state index contributed by atoms with van der Waals surface area (Å²) in [6.07, 6.45) is 5.24. The monoisotopic (exact) mass is 427 g/mol. The van der Waals surface area contributed by atoms with E-state index in [4.69, 9.17) is 4.42 Å². The number of likely N-dealkylation sites (tertiary alicyclic amines) is 2. The van der Waals surface area contributed by atoms with Gasteiger partial charge in [-0.2, -0.15) is 0 Å². The van der Waals surface area contributed by atoms with Crippen LogP contribution in [0.25, 0.3) is 0 Å². The molecule has 1 atom stereocenters. The SMILES string of the molecule is CC(=O)N1CCC(C(=O)N2CCC[C@](C)(c3ncc(Cc4ccccc4F)o3)C2)CC1. The van der Waals surface area contributed by atoms with E-state index in [0.717, 1.165) is 32.2 Å². The molecule has 2 amide bonds. The van der Waals surface area contributed by atoms with Crippen LogP contribution in [0.4, 0.5) is 4.39 Å². The van der Waals surface area contributed by atoms with Crippen molar-refractivity contribution in [1.82, 2.24) is 14.8 Å². The van der Waals surface area contributed by atoms with Crippen LogP contribution in [0.2, 0.25) is 0 Å². The van der Waals surface area contributed by atoms with Gasteiger partial charge in [0.2, 0.25) is 17.7 Å². The van der Waals surface area contributed by atoms with E-state index < -0.39 is 0 Å². The number of oxazole rings is 1. The van der Waals surface area contributed by atoms with E-state index in [-0.39, 0.29) is 29.0 Å². The van der Waals surface area contributed by atoms with Crippen molar-refractivity contribution in [3.05, 3.63) is 53.5 Å². The van der Waals surface area contributed by atoms with Crippen molar-refractivity contribution >= 4 is 11.8 Å². The fraction of sp³-hybridized carbons (Fsp3) is 0.542. The second-order valence-corrected chi connectivity index (χ2v) is 9.10. The van der Waals surface area contributed by atoms with Crippen molar-refractivity contribution in [3.8, 4) is 0 Å². The summed E-state index contributed by atoms with van der Waals surface area (Å²) in [5.74, 6) is 1.21. The van der Waals surface area contributed by atoms with Gasteiger partial charge in [-0.15, -0.1) is 0 Å². The summed E-state index contributed by atoms with van der Waals surface area (Å²) in [6, 6.07) is 6.67. The first-order chi connectivity index (χ1) is 14.9. The van der Waals surface area contributed by atoms with Crippen LogP contribution in [0.15, 0.2) is 34.9 Å². The van der Waals surface area contributed by atoms with E-state index >= 15 is 0 Å². The van der Waals surface area contributed by atoms with Gasteiger partial charge in [0.05, 0.1) is 11.6 Å². The molecule has 6 nitrogen and oxygen atoms in total. The van der Waals surface area contributed by atoms with Gasteiger partial charge in [-0.3, -0.25) is 9.59 Å². The van der Waals surface area contributed by atoms with Gasteiger partial charge in [-0.25, -0.2) is 9.37 Å². The van der Waals surface area contributed by atoms with Crippen LogP contribution >= 0.6 is 0 Å². The summed E-state index contributed by atoms with van der Waals surface area (Å²) in [5.41, 5.74) is 0.217. The van der Waals surface area contributed by atoms with Crippen LogP contribution in [0, 0.1) is 11.7 Å². The Kier molecular flexibility index (Phi) is 6.12. The van der Waals surface area contributed by atoms with E-state index in [1.165, 1.54) is 6.07 Å². The first kappa shape index (κ1) is 21.5. The molecule has 2 saturated heterocycles. The van der Waals surface area contributed by atoms with Gasteiger partial charge < -0.3 is 14.2 Å². The molecule has 3 heterocycles. The predicted octanol–water partition coefficient (Wildman–Crippen LogP) is 3.54. The van der Waals surface area contributed by atoms with Gasteiger partial charge in [0.15, 0.2) is 0 Å². The molecule has 1 aromatic carbocycles. The highest BCUT2D eigenvalue weighted by molar-refractivity contribution is 5.80. The molecule has 2 fully saturated rings. The number of nitrogens with zero attached hydrogens (tertiary/aromatic N) is 3. The van der Waals surface area contributed by atoms with E-state index in [9.17, 15) is 14.0 Å². The lowest BCUT2D eigenvalue weighted by molar-refractivity contribution is -0.142. The summed E-state index contributed by atoms with van der Waals surface area (Å²) < 4.78 is 20.0. The third-order valence-electron chi connectivity index (χ3n) is 6.69. The highest BCUT2D eigenvalue weighted by Gasteiger charge is 2.40. The summed E-state index contributed by atoms with van der Waals surface area (Å²) in [7, 11) is 0. The van der Waals surface area contributed by atoms with Crippen LogP contribution < -0.4 is 0 Å². The number of piperidine rings is 2. The molecule has 2 aliphatic rings. The average molecular weight is 428 g/mol. The summed E-state index contributed by atoms with van der Waals surface area (Å²) in [6.45, 7) is 6.27. The molecule has 0 aliphatic carbocycles. The molecule has 2 aliphatic heterocycles. The van der Waals surface area contributed by atoms with Crippen LogP contribution in [0.3, 0.4) is 0 Å². The summed E-state index contributed by atoms with van der Waals surface area (Å²) in [4.78, 5) is 33.0. The number of hydrogen-bond acceptors (Lipinski definition) is 4. The van der Waals surface area contributed by atoms with Crippen molar-refractivity contribution < 1.29 is 18.4 Å². The van der Waals surface area contributed by atoms with Crippen molar-refractivity contribution in [1.29, 1.82) is 0 Å². The Hall–Kier alpha value is -2.70. The highest BCUT2D eigenvalue weighted by Crippen LogP contribution is 2.35. The molecule has 0 bridgehead atoms. The van der Waals surface area contributed by atoms with Crippen LogP contribution in [-0.2, 0) is 21.4 Å². The second kappa shape index (κ2) is 8.81. The second-order valence-electron chi connectivity index (χ2n) is 9.10. The molecule has 31 heavy (non-hydrogen) atoms. The minimum atomic E-state index is -0.360. The molecule has 0 N–H and O–H groups in total. The number of halogens is 1. The molecule has 0 unspecified atom stereocenters. The maximum absolute atomic E-state index is 14.0. The first-order valence-corrected chi connectivity index (χ1v) is 11.1. The van der Waals surface area contributed by atoms with Gasteiger partial charge >= 0.3 is 0 Å². The highest BCUT2D eigenvalue weighted by atomic mass is 19.1. The number of aromatic nitrogens is 1. The third kappa shape index (κ3) is 4.65. The largest absolute Gasteiger partial charge is 0.445 e. The van der Waals surface area contributed by atoms with Crippen LogP contribution in [-0.4, -0.2) is 52.8 Å². The quantitative estimate of drug-likeness (QED) is 0.749. The Morgan fingerprint density at radius 2 is 1.94 bits per heavy atom.